The van der Waals surface area contributed by atoms with E-state index in [-0.39, 0.29) is 83.3 Å². The number of carbonyl (C=O) groups excluding carboxylic acids is 8. The smallest absolute Gasteiger partial charge is 0.317 e. The number of amides is 12. The van der Waals surface area contributed by atoms with Crippen molar-refractivity contribution in [2.75, 3.05) is 80.2 Å². The zero-order valence-corrected chi connectivity index (χ0v) is 75.9. The molecule has 2 aliphatic carbocycles. The fourth-order valence-corrected chi connectivity index (χ4v) is 15.1. The van der Waals surface area contributed by atoms with Gasteiger partial charge < -0.3 is 84.9 Å². The monoisotopic (exact) mass is 1900 g/mol. The Morgan fingerprint density at radius 2 is 0.650 bits per heavy atom. The quantitative estimate of drug-likeness (QED) is 0.0250. The van der Waals surface area contributed by atoms with Crippen LogP contribution in [0.4, 0.5) is 41.9 Å². The lowest BCUT2D eigenvalue weighted by Crippen LogP contribution is -2.57. The Labute approximate surface area is 795 Å². The molecule has 0 atom stereocenters. The highest BCUT2D eigenvalue weighted by atomic mass is 16.4. The van der Waals surface area contributed by atoms with Gasteiger partial charge in [-0.2, -0.15) is 40.8 Å². The topological polar surface area (TPSA) is 573 Å². The number of nitrogens with one attached hydrogen (secondary N) is 12. The molecule has 0 spiro atoms. The van der Waals surface area contributed by atoms with Crippen molar-refractivity contribution in [3.05, 3.63) is 244 Å². The summed E-state index contributed by atoms with van der Waals surface area (Å²) in [5.74, 6) is 1.21. The van der Waals surface area contributed by atoms with Crippen molar-refractivity contribution >= 4 is 77.0 Å². The van der Waals surface area contributed by atoms with Gasteiger partial charge in [-0.1, -0.05) is 31.2 Å². The van der Waals surface area contributed by atoms with Crippen LogP contribution in [-0.4, -0.2) is 255 Å². The maximum Gasteiger partial charge on any atom is 0.317 e. The van der Waals surface area contributed by atoms with Crippen LogP contribution < -0.4 is 42.5 Å². The van der Waals surface area contributed by atoms with Crippen LogP contribution >= 0.6 is 0 Å². The molecule has 20 heterocycles. The van der Waals surface area contributed by atoms with Crippen LogP contribution in [0, 0.1) is 0 Å². The Balaban J connectivity index is 0.000000122. The van der Waals surface area contributed by atoms with Gasteiger partial charge in [-0.15, -0.1) is 0 Å². The summed E-state index contributed by atoms with van der Waals surface area (Å²) >= 11 is 0. The van der Waals surface area contributed by atoms with E-state index in [0.29, 0.717) is 162 Å². The van der Waals surface area contributed by atoms with E-state index < -0.39 is 23.6 Å². The summed E-state index contributed by atoms with van der Waals surface area (Å²) in [7, 11) is 0. The van der Waals surface area contributed by atoms with Crippen LogP contribution in [0.25, 0.3) is 90.8 Å². The highest BCUT2D eigenvalue weighted by Gasteiger charge is 2.41. The van der Waals surface area contributed by atoms with Crippen molar-refractivity contribution in [2.45, 2.75) is 102 Å². The maximum absolute atomic E-state index is 13.0. The maximum atomic E-state index is 13.0. The predicted octanol–water partition coefficient (Wildman–Crippen LogP) is 12.2. The number of aromatic nitrogens is 20. The van der Waals surface area contributed by atoms with Crippen molar-refractivity contribution < 1.29 is 65.9 Å². The number of furan rings is 4. The van der Waals surface area contributed by atoms with Gasteiger partial charge in [0.1, 0.15) is 45.8 Å². The molecule has 140 heavy (non-hydrogen) atoms. The second-order valence-electron chi connectivity index (χ2n) is 34.5. The normalized spacial score (nSPS) is 14.5. The standard InChI is InChI=1S/C24H26N8O3.2C23H22N8O3.C23H24N8O3.CH2O2/c1-24(2,3)29-23(34)31-12-16(13-31)32-14-18(21(30-32)17-6-4-5-9-25-17)28-22(33)20-8-7-19(35-20)15-10-26-27-11-15;2*32-22(20-7-6-19(34-20)14-9-25-26-10-14)28-18-13-31(29-21(18)17-3-1-2-8-24-17)16-11-30(12-16)23(33)27-15-4-5-15;1-2-8-25-23(33)30-12-16(13-30)31-14-18(21(29-31)17-5-3-4-9-24-17)28-22(32)20-7-6-19(34-20)15-10-26-27-11-15;2-1-3/h4-11,14,16H,12-13H2,1-3H3,(H,26,27)(H,28,33)(H,29,34);2*1-3,6-10,13,15-16H,4-5,11-12H2,(H,25,26)(H,27,33)(H,28,32);3-7,9-11,14,16H,2,8,12-13H2,1H3,(H,25,33)(H,26,27)(H,28,32);1H,(H,2,3). The van der Waals surface area contributed by atoms with Gasteiger partial charge in [0, 0.05) is 151 Å². The van der Waals surface area contributed by atoms with Crippen LogP contribution in [0.5, 0.6) is 0 Å². The van der Waals surface area contributed by atoms with E-state index >= 15 is 0 Å². The van der Waals surface area contributed by atoms with E-state index in [0.717, 1.165) is 54.4 Å². The third-order valence-corrected chi connectivity index (χ3v) is 22.9. The summed E-state index contributed by atoms with van der Waals surface area (Å²) < 4.78 is 30.0. The number of hydrogen-bond acceptors (Lipinski definition) is 25. The van der Waals surface area contributed by atoms with Gasteiger partial charge in [-0.05, 0) is 150 Å². The molecule has 4 saturated heterocycles. The van der Waals surface area contributed by atoms with Crippen LogP contribution in [-0.2, 0) is 4.79 Å². The molecule has 6 aliphatic rings. The number of pyridine rings is 4. The lowest BCUT2D eigenvalue weighted by atomic mass is 10.1. The fraction of sp³-hybridized carbons (Fsp3) is 0.266. The summed E-state index contributed by atoms with van der Waals surface area (Å²) in [5.41, 5.74) is 9.47. The molecule has 716 valence electrons. The first kappa shape index (κ1) is 92.3. The molecule has 4 aliphatic heterocycles. The highest BCUT2D eigenvalue weighted by Crippen LogP contribution is 2.38. The lowest BCUT2D eigenvalue weighted by Gasteiger charge is -2.40. The summed E-state index contributed by atoms with van der Waals surface area (Å²) in [6, 6.07) is 35.8. The van der Waals surface area contributed by atoms with E-state index in [1.165, 1.54) is 0 Å². The number of carboxylic acid groups (broad SMARTS) is 1. The zero-order chi connectivity index (χ0) is 96.9. The van der Waals surface area contributed by atoms with E-state index in [1.807, 2.05) is 100 Å². The van der Waals surface area contributed by atoms with Gasteiger partial charge in [0.05, 0.1) is 117 Å². The van der Waals surface area contributed by atoms with Gasteiger partial charge in [0.15, 0.2) is 23.0 Å². The Hall–Kier alpha value is -18.2. The number of rotatable bonds is 24. The molecule has 0 aromatic carbocycles. The van der Waals surface area contributed by atoms with Crippen LogP contribution in [0.15, 0.2) is 238 Å². The number of anilines is 4. The second kappa shape index (κ2) is 41.4. The molecule has 46 nitrogen and oxygen atoms in total. The average Bonchev–Trinajstić information content (AvgIpc) is 1.63. The van der Waals surface area contributed by atoms with Gasteiger partial charge in [-0.3, -0.25) is 83.0 Å². The first-order valence-corrected chi connectivity index (χ1v) is 45.0. The number of likely N-dealkylation sites (tertiary alicyclic amines) is 4. The number of carbonyl (C=O) groups is 9. The molecular weight excluding hydrogens is 1800 g/mol. The second-order valence-corrected chi connectivity index (χ2v) is 34.5. The molecule has 0 radical (unpaired) electrons. The molecule has 0 bridgehead atoms. The molecule has 16 aromatic heterocycles. The molecule has 0 unspecified atom stereocenters. The summed E-state index contributed by atoms with van der Waals surface area (Å²) in [4.78, 5) is 134. The number of hydrogen-bond donors (Lipinski definition) is 13. The largest absolute Gasteiger partial charge is 0.483 e. The molecule has 6 fully saturated rings. The van der Waals surface area contributed by atoms with Crippen molar-refractivity contribution in [1.82, 2.24) is 141 Å². The minimum Gasteiger partial charge on any atom is -0.483 e. The molecular formula is C94H96N32O14. The molecule has 13 N–H and O–H groups in total. The predicted molar refractivity (Wildman–Crippen MR) is 505 cm³/mol. The SMILES string of the molecule is CC(C)(C)NC(=O)N1CC(n2cc(NC(=O)c3ccc(-c4cn[nH]c4)o3)c(-c3ccccn3)n2)C1.CCCNC(=O)N1CC(n2cc(NC(=O)c3ccc(-c4cn[nH]c4)o3)c(-c3ccccn3)n2)C1.O=C(Nc1cn(C2CN(C(=O)NC3CC3)C2)nc1-c1ccccn1)c1ccc(-c2cn[nH]c2)o1.O=C(Nc1cn(C2CN(C(=O)NC3CC3)C2)nc1-c1ccccn1)c1ccc(-c2cn[nH]c2)o1.O=CO. The molecule has 22 rings (SSSR count). The van der Waals surface area contributed by atoms with Gasteiger partial charge in [-0.25, -0.2) is 19.2 Å². The third-order valence-electron chi connectivity index (χ3n) is 22.9. The van der Waals surface area contributed by atoms with E-state index in [9.17, 15) is 38.4 Å². The van der Waals surface area contributed by atoms with Crippen molar-refractivity contribution in [3.8, 4) is 90.8 Å². The van der Waals surface area contributed by atoms with Crippen LogP contribution in [0.1, 0.15) is 126 Å². The highest BCUT2D eigenvalue weighted by molar-refractivity contribution is 6.07. The number of H-pyrrole nitrogens is 4. The molecule has 2 saturated carbocycles. The van der Waals surface area contributed by atoms with Crippen LogP contribution in [0.3, 0.4) is 0 Å². The summed E-state index contributed by atoms with van der Waals surface area (Å²) in [5, 5.41) is 75.6. The summed E-state index contributed by atoms with van der Waals surface area (Å²) in [6.07, 6.45) is 32.1. The minimum absolute atomic E-state index is 0.00913. The molecule has 46 heteroatoms. The molecule has 16 aromatic rings. The van der Waals surface area contributed by atoms with Crippen molar-refractivity contribution in [3.63, 3.8) is 0 Å². The van der Waals surface area contributed by atoms with Crippen molar-refractivity contribution in [2.24, 2.45) is 0 Å². The number of urea groups is 4. The number of nitrogens with zero attached hydrogens (tertiary/aromatic N) is 20. The first-order valence-electron chi connectivity index (χ1n) is 45.0. The Morgan fingerprint density at radius 3 is 0.879 bits per heavy atom. The number of aromatic amines is 4. The van der Waals surface area contributed by atoms with E-state index in [4.69, 9.17) is 42.9 Å². The Bertz CT molecular complexity index is 6740. The Kier molecular flexibility index (Phi) is 27.3. The Morgan fingerprint density at radius 1 is 0.386 bits per heavy atom. The minimum atomic E-state index is -0.406. The van der Waals surface area contributed by atoms with E-state index in [1.54, 1.807) is 186 Å². The fourth-order valence-electron chi connectivity index (χ4n) is 15.1. The van der Waals surface area contributed by atoms with E-state index in [2.05, 4.69) is 108 Å². The van der Waals surface area contributed by atoms with Crippen LogP contribution in [0.2, 0.25) is 0 Å². The van der Waals surface area contributed by atoms with Gasteiger partial charge in [0.2, 0.25) is 0 Å². The van der Waals surface area contributed by atoms with Crippen molar-refractivity contribution in [1.29, 1.82) is 0 Å². The molecule has 12 amide bonds. The third kappa shape index (κ3) is 22.1. The average molecular weight is 1900 g/mol. The lowest BCUT2D eigenvalue weighted by molar-refractivity contribution is -0.122. The first-order chi connectivity index (χ1) is 68.1. The van der Waals surface area contributed by atoms with Gasteiger partial charge >= 0.3 is 24.1 Å². The zero-order valence-electron chi connectivity index (χ0n) is 75.9. The summed E-state index contributed by atoms with van der Waals surface area (Å²) in [6.45, 7) is 12.6. The van der Waals surface area contributed by atoms with Gasteiger partial charge in [0.25, 0.3) is 30.1 Å².